The summed E-state index contributed by atoms with van der Waals surface area (Å²) in [7, 11) is 0. The van der Waals surface area contributed by atoms with Gasteiger partial charge in [0.25, 0.3) is 0 Å². The summed E-state index contributed by atoms with van der Waals surface area (Å²) in [5.41, 5.74) is -1.31. The van der Waals surface area contributed by atoms with Gasteiger partial charge in [-0.15, -0.1) is 0 Å². The fraction of sp³-hybridized carbons (Fsp3) is 0.850. The van der Waals surface area contributed by atoms with Crippen molar-refractivity contribution in [2.75, 3.05) is 6.61 Å². The van der Waals surface area contributed by atoms with Gasteiger partial charge in [0.15, 0.2) is 0 Å². The van der Waals surface area contributed by atoms with Crippen molar-refractivity contribution in [2.45, 2.75) is 89.9 Å². The molecule has 7 nitrogen and oxygen atoms in total. The van der Waals surface area contributed by atoms with E-state index in [1.165, 1.54) is 26.5 Å². The fourth-order valence-electron chi connectivity index (χ4n) is 4.78. The molecule has 2 heterocycles. The molecule has 0 radical (unpaired) electrons. The number of ether oxygens (including phenoxy) is 1. The van der Waals surface area contributed by atoms with E-state index >= 15 is 0 Å². The molecule has 1 aromatic heterocycles. The van der Waals surface area contributed by atoms with Gasteiger partial charge in [0, 0.05) is 13.1 Å². The van der Waals surface area contributed by atoms with Crippen LogP contribution in [0.15, 0.2) is 14.4 Å². The fourth-order valence-corrected chi connectivity index (χ4v) is 4.78. The molecule has 0 spiro atoms. The SMILES string of the molecule is O=c1n(CC2CCCCC2)c(=O)n(CC2CO2)c(=O)n1CC1CCCCC1. The maximum absolute atomic E-state index is 13.1. The number of hydrogen-bond donors (Lipinski definition) is 0. The molecule has 4 rings (SSSR count). The van der Waals surface area contributed by atoms with Crippen LogP contribution in [0.5, 0.6) is 0 Å². The van der Waals surface area contributed by atoms with Crippen molar-refractivity contribution in [3.8, 4) is 0 Å². The van der Waals surface area contributed by atoms with Crippen molar-refractivity contribution in [3.63, 3.8) is 0 Å². The Hall–Kier alpha value is -1.63. The third-order valence-corrected chi connectivity index (χ3v) is 6.51. The van der Waals surface area contributed by atoms with Crippen LogP contribution in [0.4, 0.5) is 0 Å². The van der Waals surface area contributed by atoms with Gasteiger partial charge in [-0.1, -0.05) is 38.5 Å². The van der Waals surface area contributed by atoms with Gasteiger partial charge in [-0.05, 0) is 37.5 Å². The van der Waals surface area contributed by atoms with Crippen LogP contribution < -0.4 is 17.1 Å². The highest BCUT2D eigenvalue weighted by Crippen LogP contribution is 2.25. The van der Waals surface area contributed by atoms with Crippen molar-refractivity contribution in [3.05, 3.63) is 31.5 Å². The van der Waals surface area contributed by atoms with Crippen molar-refractivity contribution in [2.24, 2.45) is 11.8 Å². The normalized spacial score (nSPS) is 24.2. The largest absolute Gasteiger partial charge is 0.371 e. The predicted molar refractivity (Wildman–Crippen MR) is 102 cm³/mol. The molecule has 1 unspecified atom stereocenters. The molecule has 7 heteroatoms. The second kappa shape index (κ2) is 8.17. The van der Waals surface area contributed by atoms with Crippen LogP contribution in [0.2, 0.25) is 0 Å². The third-order valence-electron chi connectivity index (χ3n) is 6.51. The van der Waals surface area contributed by atoms with Crippen LogP contribution in [0.1, 0.15) is 64.2 Å². The van der Waals surface area contributed by atoms with Gasteiger partial charge in [-0.3, -0.25) is 0 Å². The molecule has 27 heavy (non-hydrogen) atoms. The van der Waals surface area contributed by atoms with Gasteiger partial charge in [0.1, 0.15) is 0 Å². The minimum absolute atomic E-state index is 0.0702. The van der Waals surface area contributed by atoms with E-state index in [0.717, 1.165) is 51.4 Å². The van der Waals surface area contributed by atoms with Gasteiger partial charge >= 0.3 is 17.1 Å². The van der Waals surface area contributed by atoms with Crippen molar-refractivity contribution in [1.82, 2.24) is 13.7 Å². The number of rotatable bonds is 6. The molecule has 3 fully saturated rings. The minimum Gasteiger partial charge on any atom is -0.371 e. The molecule has 2 saturated carbocycles. The van der Waals surface area contributed by atoms with Gasteiger partial charge in [0.2, 0.25) is 0 Å². The molecule has 0 N–H and O–H groups in total. The molecule has 1 aliphatic heterocycles. The zero-order chi connectivity index (χ0) is 18.8. The van der Waals surface area contributed by atoms with Crippen LogP contribution in [-0.4, -0.2) is 26.4 Å². The monoisotopic (exact) mass is 377 g/mol. The van der Waals surface area contributed by atoms with E-state index in [9.17, 15) is 14.4 Å². The van der Waals surface area contributed by atoms with Crippen molar-refractivity contribution in [1.29, 1.82) is 0 Å². The summed E-state index contributed by atoms with van der Waals surface area (Å²) < 4.78 is 9.15. The molecular weight excluding hydrogens is 346 g/mol. The quantitative estimate of drug-likeness (QED) is 0.708. The topological polar surface area (TPSA) is 78.5 Å². The lowest BCUT2D eigenvalue weighted by atomic mass is 9.89. The first-order valence-electron chi connectivity index (χ1n) is 10.7. The van der Waals surface area contributed by atoms with E-state index in [1.807, 2.05) is 0 Å². The maximum Gasteiger partial charge on any atom is 0.336 e. The standard InChI is InChI=1S/C20H31N3O4/c24-18-21(11-15-7-3-1-4-8-15)19(25)23(13-17-14-27-17)20(26)22(18)12-16-9-5-2-6-10-16/h15-17H,1-14H2. The summed E-state index contributed by atoms with van der Waals surface area (Å²) in [6, 6.07) is 0. The zero-order valence-corrected chi connectivity index (χ0v) is 16.1. The molecule has 0 amide bonds. The third kappa shape index (κ3) is 4.28. The first-order valence-corrected chi connectivity index (χ1v) is 10.7. The molecule has 1 atom stereocenters. The van der Waals surface area contributed by atoms with E-state index in [2.05, 4.69) is 0 Å². The smallest absolute Gasteiger partial charge is 0.336 e. The van der Waals surface area contributed by atoms with Gasteiger partial charge in [0.05, 0.1) is 19.3 Å². The Kier molecular flexibility index (Phi) is 5.66. The number of aromatic nitrogens is 3. The Bertz CT molecular complexity index is 763. The molecule has 150 valence electrons. The summed E-state index contributed by atoms with van der Waals surface area (Å²) in [6.45, 7) is 1.71. The Morgan fingerprint density at radius 3 is 1.37 bits per heavy atom. The van der Waals surface area contributed by atoms with Crippen molar-refractivity contribution < 1.29 is 4.74 Å². The van der Waals surface area contributed by atoms with E-state index in [-0.39, 0.29) is 12.6 Å². The lowest BCUT2D eigenvalue weighted by Gasteiger charge is -2.25. The van der Waals surface area contributed by atoms with E-state index in [4.69, 9.17) is 4.74 Å². The summed E-state index contributed by atoms with van der Waals surface area (Å²) in [6.07, 6.45) is 11.2. The Balaban J connectivity index is 1.69. The molecule has 3 aliphatic rings. The summed E-state index contributed by atoms with van der Waals surface area (Å²) in [5.74, 6) is 0.714. The van der Waals surface area contributed by atoms with Crippen LogP contribution >= 0.6 is 0 Å². The molecule has 1 saturated heterocycles. The average molecular weight is 377 g/mol. The predicted octanol–water partition coefficient (Wildman–Crippen LogP) is 1.73. The Morgan fingerprint density at radius 1 is 0.630 bits per heavy atom. The number of epoxide rings is 1. The Morgan fingerprint density at radius 2 is 1.00 bits per heavy atom. The first kappa shape index (κ1) is 18.7. The molecule has 1 aromatic rings. The van der Waals surface area contributed by atoms with Gasteiger partial charge < -0.3 is 4.74 Å². The number of nitrogens with zero attached hydrogens (tertiary/aromatic N) is 3. The van der Waals surface area contributed by atoms with Crippen LogP contribution in [0.3, 0.4) is 0 Å². The molecular formula is C20H31N3O4. The summed E-state index contributed by atoms with van der Waals surface area (Å²) >= 11 is 0. The highest BCUT2D eigenvalue weighted by Gasteiger charge is 2.28. The highest BCUT2D eigenvalue weighted by atomic mass is 16.6. The number of hydrogen-bond acceptors (Lipinski definition) is 4. The van der Waals surface area contributed by atoms with Crippen molar-refractivity contribution >= 4 is 0 Å². The summed E-state index contributed by atoms with van der Waals surface area (Å²) in [4.78, 5) is 39.0. The van der Waals surface area contributed by atoms with E-state index in [0.29, 0.717) is 31.5 Å². The maximum atomic E-state index is 13.1. The lowest BCUT2D eigenvalue weighted by molar-refractivity contribution is 0.273. The second-order valence-electron chi connectivity index (χ2n) is 8.64. The second-order valence-corrected chi connectivity index (χ2v) is 8.64. The first-order chi connectivity index (χ1) is 13.1. The Labute approximate surface area is 159 Å². The average Bonchev–Trinajstić information content (AvgIpc) is 3.52. The van der Waals surface area contributed by atoms with Crippen LogP contribution in [-0.2, 0) is 24.4 Å². The van der Waals surface area contributed by atoms with Gasteiger partial charge in [-0.25, -0.2) is 28.1 Å². The lowest BCUT2D eigenvalue weighted by Crippen LogP contribution is -2.56. The van der Waals surface area contributed by atoms with E-state index < -0.39 is 17.1 Å². The molecule has 0 aromatic carbocycles. The zero-order valence-electron chi connectivity index (χ0n) is 16.1. The van der Waals surface area contributed by atoms with Crippen LogP contribution in [0, 0.1) is 11.8 Å². The van der Waals surface area contributed by atoms with Gasteiger partial charge in [-0.2, -0.15) is 0 Å². The summed E-state index contributed by atoms with van der Waals surface area (Å²) in [5, 5.41) is 0. The highest BCUT2D eigenvalue weighted by molar-refractivity contribution is 4.84. The molecule has 0 bridgehead atoms. The minimum atomic E-state index is -0.453. The van der Waals surface area contributed by atoms with Crippen LogP contribution in [0.25, 0.3) is 0 Å². The molecule has 2 aliphatic carbocycles. The van der Waals surface area contributed by atoms with E-state index in [1.54, 1.807) is 0 Å².